The van der Waals surface area contributed by atoms with Gasteiger partial charge in [-0.15, -0.1) is 6.58 Å². The molecule has 0 atom stereocenters. The lowest BCUT2D eigenvalue weighted by Crippen LogP contribution is -2.20. The van der Waals surface area contributed by atoms with Gasteiger partial charge in [-0.2, -0.15) is 0 Å². The van der Waals surface area contributed by atoms with Crippen LogP contribution < -0.4 is 5.32 Å². The lowest BCUT2D eigenvalue weighted by atomic mass is 10.2. The fourth-order valence-electron chi connectivity index (χ4n) is 0.814. The molecule has 0 heterocycles. The lowest BCUT2D eigenvalue weighted by Gasteiger charge is -2.02. The van der Waals surface area contributed by atoms with Gasteiger partial charge in [0.2, 0.25) is 0 Å². The van der Waals surface area contributed by atoms with Crippen molar-refractivity contribution in [3.05, 3.63) is 12.2 Å². The van der Waals surface area contributed by atoms with E-state index in [1.54, 1.807) is 7.11 Å². The Morgan fingerprint density at radius 3 is 2.73 bits per heavy atom. The summed E-state index contributed by atoms with van der Waals surface area (Å²) >= 11 is 0. The Morgan fingerprint density at radius 1 is 1.45 bits per heavy atom. The zero-order valence-electron chi connectivity index (χ0n) is 7.65. The van der Waals surface area contributed by atoms with Gasteiger partial charge in [-0.05, 0) is 26.3 Å². The van der Waals surface area contributed by atoms with Gasteiger partial charge in [0.25, 0.3) is 0 Å². The summed E-state index contributed by atoms with van der Waals surface area (Å²) in [6.45, 7) is 8.72. The Morgan fingerprint density at radius 2 is 2.18 bits per heavy atom. The summed E-state index contributed by atoms with van der Waals surface area (Å²) < 4.78 is 4.89. The van der Waals surface area contributed by atoms with E-state index >= 15 is 0 Å². The van der Waals surface area contributed by atoms with Gasteiger partial charge < -0.3 is 10.1 Å². The molecule has 0 bridgehead atoms. The molecule has 0 aliphatic heterocycles. The third kappa shape index (κ3) is 9.66. The van der Waals surface area contributed by atoms with Gasteiger partial charge >= 0.3 is 0 Å². The van der Waals surface area contributed by atoms with Crippen molar-refractivity contribution in [2.75, 3.05) is 26.8 Å². The molecule has 0 fully saturated rings. The first-order valence-electron chi connectivity index (χ1n) is 4.11. The van der Waals surface area contributed by atoms with E-state index in [-0.39, 0.29) is 0 Å². The highest BCUT2D eigenvalue weighted by Gasteiger charge is 1.88. The van der Waals surface area contributed by atoms with Crippen LogP contribution in [0.5, 0.6) is 0 Å². The van der Waals surface area contributed by atoms with Gasteiger partial charge in [0, 0.05) is 13.7 Å². The van der Waals surface area contributed by atoms with Crippen molar-refractivity contribution in [2.24, 2.45) is 0 Å². The smallest absolute Gasteiger partial charge is 0.0587 e. The molecule has 0 unspecified atom stereocenters. The predicted octanol–water partition coefficient (Wildman–Crippen LogP) is 1.58. The quantitative estimate of drug-likeness (QED) is 0.447. The van der Waals surface area contributed by atoms with Crippen LogP contribution in [0.2, 0.25) is 0 Å². The highest BCUT2D eigenvalue weighted by Crippen LogP contribution is 1.97. The second-order valence-corrected chi connectivity index (χ2v) is 2.80. The van der Waals surface area contributed by atoms with Crippen molar-refractivity contribution < 1.29 is 4.74 Å². The number of allylic oxidation sites excluding steroid dienone is 1. The maximum absolute atomic E-state index is 4.89. The lowest BCUT2D eigenvalue weighted by molar-refractivity contribution is 0.199. The summed E-state index contributed by atoms with van der Waals surface area (Å²) in [4.78, 5) is 0. The Balaban J connectivity index is 2.85. The molecule has 2 heteroatoms. The monoisotopic (exact) mass is 157 g/mol. The third-order valence-corrected chi connectivity index (χ3v) is 1.44. The second kappa shape index (κ2) is 7.76. The molecule has 0 aromatic rings. The van der Waals surface area contributed by atoms with Gasteiger partial charge in [-0.3, -0.25) is 0 Å². The summed E-state index contributed by atoms with van der Waals surface area (Å²) in [7, 11) is 1.72. The molecule has 0 saturated carbocycles. The molecule has 66 valence electrons. The minimum Gasteiger partial charge on any atom is -0.383 e. The minimum absolute atomic E-state index is 0.799. The van der Waals surface area contributed by atoms with Gasteiger partial charge in [0.05, 0.1) is 6.61 Å². The van der Waals surface area contributed by atoms with Crippen LogP contribution >= 0.6 is 0 Å². The largest absolute Gasteiger partial charge is 0.383 e. The summed E-state index contributed by atoms with van der Waals surface area (Å²) in [6, 6.07) is 0. The summed E-state index contributed by atoms with van der Waals surface area (Å²) in [5.41, 5.74) is 1.26. The molecule has 0 aliphatic rings. The molecule has 0 saturated heterocycles. The predicted molar refractivity (Wildman–Crippen MR) is 48.8 cm³/mol. The number of hydrogen-bond donors (Lipinski definition) is 1. The standard InChI is InChI=1S/C9H19NO/c1-9(2)5-4-6-10-7-8-11-3/h10H,1,4-8H2,2-3H3. The van der Waals surface area contributed by atoms with Crippen LogP contribution in [0.15, 0.2) is 12.2 Å². The first-order chi connectivity index (χ1) is 5.27. The van der Waals surface area contributed by atoms with E-state index < -0.39 is 0 Å². The molecule has 0 amide bonds. The highest BCUT2D eigenvalue weighted by atomic mass is 16.5. The Hall–Kier alpha value is -0.340. The van der Waals surface area contributed by atoms with Crippen molar-refractivity contribution >= 4 is 0 Å². The molecule has 2 nitrogen and oxygen atoms in total. The molecule has 11 heavy (non-hydrogen) atoms. The SMILES string of the molecule is C=C(C)CCCNCCOC. The van der Waals surface area contributed by atoms with E-state index in [1.807, 2.05) is 0 Å². The Labute approximate surface area is 69.6 Å². The van der Waals surface area contributed by atoms with Crippen LogP contribution in [0.25, 0.3) is 0 Å². The number of rotatable bonds is 7. The zero-order valence-corrected chi connectivity index (χ0v) is 7.65. The number of ether oxygens (including phenoxy) is 1. The van der Waals surface area contributed by atoms with Gasteiger partial charge in [0.1, 0.15) is 0 Å². The average Bonchev–Trinajstić information content (AvgIpc) is 1.96. The Bertz CT molecular complexity index is 102. The van der Waals surface area contributed by atoms with E-state index in [1.165, 1.54) is 12.0 Å². The molecule has 0 radical (unpaired) electrons. The summed E-state index contributed by atoms with van der Waals surface area (Å²) in [6.07, 6.45) is 2.30. The van der Waals surface area contributed by atoms with Crippen LogP contribution in [0.3, 0.4) is 0 Å². The van der Waals surface area contributed by atoms with E-state index in [0.717, 1.165) is 26.1 Å². The number of methoxy groups -OCH3 is 1. The van der Waals surface area contributed by atoms with Gasteiger partial charge in [-0.25, -0.2) is 0 Å². The van der Waals surface area contributed by atoms with Crippen LogP contribution in [-0.4, -0.2) is 26.8 Å². The van der Waals surface area contributed by atoms with E-state index in [2.05, 4.69) is 18.8 Å². The molecule has 0 aromatic heterocycles. The molecule has 0 aromatic carbocycles. The van der Waals surface area contributed by atoms with Crippen LogP contribution in [0.1, 0.15) is 19.8 Å². The van der Waals surface area contributed by atoms with E-state index in [9.17, 15) is 0 Å². The van der Waals surface area contributed by atoms with E-state index in [4.69, 9.17) is 4.74 Å². The minimum atomic E-state index is 0.799. The van der Waals surface area contributed by atoms with Crippen molar-refractivity contribution in [1.82, 2.24) is 5.32 Å². The maximum Gasteiger partial charge on any atom is 0.0587 e. The van der Waals surface area contributed by atoms with Crippen molar-refractivity contribution in [1.29, 1.82) is 0 Å². The van der Waals surface area contributed by atoms with Crippen LogP contribution in [0, 0.1) is 0 Å². The van der Waals surface area contributed by atoms with Crippen LogP contribution in [-0.2, 0) is 4.74 Å². The fourth-order valence-corrected chi connectivity index (χ4v) is 0.814. The van der Waals surface area contributed by atoms with Crippen molar-refractivity contribution in [2.45, 2.75) is 19.8 Å². The van der Waals surface area contributed by atoms with Crippen molar-refractivity contribution in [3.63, 3.8) is 0 Å². The normalized spacial score (nSPS) is 10.0. The fraction of sp³-hybridized carbons (Fsp3) is 0.778. The third-order valence-electron chi connectivity index (χ3n) is 1.44. The Kier molecular flexibility index (Phi) is 7.52. The van der Waals surface area contributed by atoms with E-state index in [0.29, 0.717) is 0 Å². The van der Waals surface area contributed by atoms with Crippen LogP contribution in [0.4, 0.5) is 0 Å². The van der Waals surface area contributed by atoms with Crippen molar-refractivity contribution in [3.8, 4) is 0 Å². The number of nitrogens with one attached hydrogen (secondary N) is 1. The molecule has 0 aliphatic carbocycles. The summed E-state index contributed by atoms with van der Waals surface area (Å²) in [5, 5.41) is 3.28. The second-order valence-electron chi connectivity index (χ2n) is 2.80. The molecular formula is C9H19NO. The maximum atomic E-state index is 4.89. The average molecular weight is 157 g/mol. The molecule has 0 spiro atoms. The van der Waals surface area contributed by atoms with Gasteiger partial charge in [-0.1, -0.05) is 5.57 Å². The topological polar surface area (TPSA) is 21.3 Å². The molecule has 0 rings (SSSR count). The highest BCUT2D eigenvalue weighted by molar-refractivity contribution is 4.87. The molecular weight excluding hydrogens is 138 g/mol. The first kappa shape index (κ1) is 10.7. The zero-order chi connectivity index (χ0) is 8.53. The van der Waals surface area contributed by atoms with Gasteiger partial charge in [0.15, 0.2) is 0 Å². The number of hydrogen-bond acceptors (Lipinski definition) is 2. The molecule has 1 N–H and O–H groups in total. The first-order valence-corrected chi connectivity index (χ1v) is 4.11. The summed E-state index contributed by atoms with van der Waals surface area (Å²) in [5.74, 6) is 0.